The summed E-state index contributed by atoms with van der Waals surface area (Å²) in [6.45, 7) is 0.253. The molecule has 0 fully saturated rings. The number of amides is 1. The average molecular weight is 352 g/mol. The summed E-state index contributed by atoms with van der Waals surface area (Å²) in [6.07, 6.45) is 1.96. The van der Waals surface area contributed by atoms with Gasteiger partial charge in [-0.05, 0) is 18.1 Å². The molecule has 0 bridgehead atoms. The van der Waals surface area contributed by atoms with Crippen molar-refractivity contribution < 1.29 is 9.72 Å². The number of carbonyl (C=O) groups is 1. The molecule has 0 spiro atoms. The molecule has 2 aromatic carbocycles. The molecule has 0 aliphatic rings. The van der Waals surface area contributed by atoms with E-state index >= 15 is 0 Å². The second kappa shape index (κ2) is 7.56. The van der Waals surface area contributed by atoms with Gasteiger partial charge >= 0.3 is 0 Å². The predicted molar refractivity (Wildman–Crippen MR) is 95.8 cm³/mol. The number of nitro benzene ring substituents is 1. The van der Waals surface area contributed by atoms with Crippen molar-refractivity contribution in [1.82, 2.24) is 14.9 Å². The summed E-state index contributed by atoms with van der Waals surface area (Å²) in [5.74, 6) is -0.324. The number of fused-ring (bicyclic) bond motifs is 1. The Hall–Kier alpha value is -3.55. The minimum atomic E-state index is -0.577. The van der Waals surface area contributed by atoms with Crippen molar-refractivity contribution in [2.24, 2.45) is 0 Å². The van der Waals surface area contributed by atoms with Gasteiger partial charge in [0.25, 0.3) is 11.2 Å². The summed E-state index contributed by atoms with van der Waals surface area (Å²) in [5, 5.41) is 13.7. The third kappa shape index (κ3) is 3.92. The second-order valence-electron chi connectivity index (χ2n) is 5.72. The molecule has 0 radical (unpaired) electrons. The topological polar surface area (TPSA) is 107 Å². The van der Waals surface area contributed by atoms with Gasteiger partial charge in [-0.1, -0.05) is 30.3 Å². The molecule has 3 rings (SSSR count). The summed E-state index contributed by atoms with van der Waals surface area (Å²) in [6, 6.07) is 13.6. The van der Waals surface area contributed by atoms with Gasteiger partial charge in [-0.3, -0.25) is 24.3 Å². The molecule has 0 saturated carbocycles. The van der Waals surface area contributed by atoms with Crippen LogP contribution in [0.1, 0.15) is 5.56 Å². The molecule has 1 N–H and O–H groups in total. The summed E-state index contributed by atoms with van der Waals surface area (Å²) < 4.78 is 1.14. The van der Waals surface area contributed by atoms with Crippen molar-refractivity contribution in [2.75, 3.05) is 6.54 Å². The fourth-order valence-corrected chi connectivity index (χ4v) is 2.57. The Balaban J connectivity index is 1.69. The molecule has 3 aromatic rings. The van der Waals surface area contributed by atoms with E-state index in [1.54, 1.807) is 0 Å². The number of non-ortho nitro benzene ring substituents is 1. The van der Waals surface area contributed by atoms with E-state index in [9.17, 15) is 19.7 Å². The molecule has 132 valence electrons. The van der Waals surface area contributed by atoms with Gasteiger partial charge in [0.15, 0.2) is 0 Å². The largest absolute Gasteiger partial charge is 0.354 e. The van der Waals surface area contributed by atoms with Crippen molar-refractivity contribution in [1.29, 1.82) is 0 Å². The average Bonchev–Trinajstić information content (AvgIpc) is 2.64. The molecular weight excluding hydrogens is 336 g/mol. The highest BCUT2D eigenvalue weighted by Crippen LogP contribution is 2.16. The van der Waals surface area contributed by atoms with Gasteiger partial charge in [-0.15, -0.1) is 0 Å². The number of rotatable bonds is 6. The van der Waals surface area contributed by atoms with E-state index in [0.717, 1.165) is 10.1 Å². The minimum absolute atomic E-state index is 0.110. The molecule has 0 aliphatic carbocycles. The summed E-state index contributed by atoms with van der Waals surface area (Å²) in [7, 11) is 0. The van der Waals surface area contributed by atoms with E-state index < -0.39 is 10.5 Å². The molecule has 0 atom stereocenters. The predicted octanol–water partition coefficient (Wildman–Crippen LogP) is 1.66. The Morgan fingerprint density at radius 2 is 1.96 bits per heavy atom. The molecule has 8 heteroatoms. The van der Waals surface area contributed by atoms with Crippen LogP contribution in [0.4, 0.5) is 5.69 Å². The lowest BCUT2D eigenvalue weighted by Gasteiger charge is -2.08. The minimum Gasteiger partial charge on any atom is -0.354 e. The number of aromatic nitrogens is 2. The number of carbonyl (C=O) groups excluding carboxylic acids is 1. The molecule has 1 aromatic heterocycles. The Morgan fingerprint density at radius 1 is 1.19 bits per heavy atom. The van der Waals surface area contributed by atoms with Gasteiger partial charge < -0.3 is 5.32 Å². The van der Waals surface area contributed by atoms with E-state index in [1.807, 2.05) is 30.3 Å². The summed E-state index contributed by atoms with van der Waals surface area (Å²) in [4.78, 5) is 38.9. The molecule has 0 saturated heterocycles. The van der Waals surface area contributed by atoms with E-state index in [-0.39, 0.29) is 23.5 Å². The van der Waals surface area contributed by atoms with E-state index in [4.69, 9.17) is 0 Å². The normalized spacial score (nSPS) is 10.6. The Labute approximate surface area is 148 Å². The number of nitro groups is 1. The van der Waals surface area contributed by atoms with Gasteiger partial charge in [0.1, 0.15) is 6.54 Å². The van der Waals surface area contributed by atoms with Crippen LogP contribution in [0.2, 0.25) is 0 Å². The zero-order valence-corrected chi connectivity index (χ0v) is 13.8. The number of hydrogen-bond acceptors (Lipinski definition) is 5. The van der Waals surface area contributed by atoms with Crippen molar-refractivity contribution in [3.63, 3.8) is 0 Å². The van der Waals surface area contributed by atoms with E-state index in [2.05, 4.69) is 10.3 Å². The van der Waals surface area contributed by atoms with Crippen LogP contribution >= 0.6 is 0 Å². The van der Waals surface area contributed by atoms with Crippen LogP contribution < -0.4 is 10.9 Å². The summed E-state index contributed by atoms with van der Waals surface area (Å²) in [5.41, 5.74) is 0.768. The third-order valence-electron chi connectivity index (χ3n) is 3.91. The fourth-order valence-electron chi connectivity index (χ4n) is 2.57. The highest BCUT2D eigenvalue weighted by molar-refractivity contribution is 5.80. The SMILES string of the molecule is O=C(Cn1cnc2ccc([N+](=O)[O-])cc2c1=O)NCCc1ccccc1. The molecule has 0 aliphatic heterocycles. The van der Waals surface area contributed by atoms with E-state index in [0.29, 0.717) is 18.5 Å². The van der Waals surface area contributed by atoms with Crippen LogP contribution in [0.25, 0.3) is 10.9 Å². The first-order valence-electron chi connectivity index (χ1n) is 7.99. The van der Waals surface area contributed by atoms with Crippen LogP contribution in [-0.2, 0) is 17.8 Å². The lowest BCUT2D eigenvalue weighted by Crippen LogP contribution is -2.33. The monoisotopic (exact) mass is 352 g/mol. The molecular formula is C18H16N4O4. The first-order valence-corrected chi connectivity index (χ1v) is 7.99. The second-order valence-corrected chi connectivity index (χ2v) is 5.72. The van der Waals surface area contributed by atoms with Crippen LogP contribution in [0.15, 0.2) is 59.7 Å². The zero-order valence-electron chi connectivity index (χ0n) is 13.8. The number of hydrogen-bond donors (Lipinski definition) is 1. The van der Waals surface area contributed by atoms with Crippen LogP contribution in [0, 0.1) is 10.1 Å². The lowest BCUT2D eigenvalue weighted by molar-refractivity contribution is -0.384. The van der Waals surface area contributed by atoms with Crippen molar-refractivity contribution in [2.45, 2.75) is 13.0 Å². The highest BCUT2D eigenvalue weighted by atomic mass is 16.6. The van der Waals surface area contributed by atoms with Crippen molar-refractivity contribution in [3.8, 4) is 0 Å². The maximum absolute atomic E-state index is 12.5. The van der Waals surface area contributed by atoms with Crippen LogP contribution in [0.3, 0.4) is 0 Å². The Morgan fingerprint density at radius 3 is 2.69 bits per heavy atom. The first kappa shape index (κ1) is 17.3. The zero-order chi connectivity index (χ0) is 18.5. The lowest BCUT2D eigenvalue weighted by atomic mass is 10.1. The Kier molecular flexibility index (Phi) is 5.02. The molecule has 0 unspecified atom stereocenters. The maximum atomic E-state index is 12.5. The van der Waals surface area contributed by atoms with Gasteiger partial charge in [0.2, 0.25) is 5.91 Å². The quantitative estimate of drug-likeness (QED) is 0.536. The van der Waals surface area contributed by atoms with Crippen LogP contribution in [0.5, 0.6) is 0 Å². The Bertz CT molecular complexity index is 1010. The smallest absolute Gasteiger partial charge is 0.270 e. The fraction of sp³-hybridized carbons (Fsp3) is 0.167. The van der Waals surface area contributed by atoms with Crippen molar-refractivity contribution in [3.05, 3.63) is 80.9 Å². The highest BCUT2D eigenvalue weighted by Gasteiger charge is 2.12. The molecule has 1 amide bonds. The number of benzene rings is 2. The van der Waals surface area contributed by atoms with Gasteiger partial charge in [0.05, 0.1) is 22.2 Å². The number of nitrogens with one attached hydrogen (secondary N) is 1. The van der Waals surface area contributed by atoms with Gasteiger partial charge in [-0.25, -0.2) is 4.98 Å². The number of nitrogens with zero attached hydrogens (tertiary/aromatic N) is 3. The summed E-state index contributed by atoms with van der Waals surface area (Å²) >= 11 is 0. The molecule has 26 heavy (non-hydrogen) atoms. The van der Waals surface area contributed by atoms with Crippen LogP contribution in [-0.4, -0.2) is 26.9 Å². The molecule has 1 heterocycles. The first-order chi connectivity index (χ1) is 12.5. The van der Waals surface area contributed by atoms with Gasteiger partial charge in [-0.2, -0.15) is 0 Å². The molecule has 8 nitrogen and oxygen atoms in total. The standard InChI is InChI=1S/C18H16N4O4/c23-17(19-9-8-13-4-2-1-3-5-13)11-21-12-20-16-7-6-14(22(25)26)10-15(16)18(21)24/h1-7,10,12H,8-9,11H2,(H,19,23). The van der Waals surface area contributed by atoms with Crippen molar-refractivity contribution >= 4 is 22.5 Å². The van der Waals surface area contributed by atoms with E-state index in [1.165, 1.54) is 24.5 Å². The maximum Gasteiger partial charge on any atom is 0.270 e. The third-order valence-corrected chi connectivity index (χ3v) is 3.91. The van der Waals surface area contributed by atoms with Gasteiger partial charge in [0, 0.05) is 18.7 Å².